The Balaban J connectivity index is 1.50. The average molecular weight is 460 g/mol. The zero-order valence-electron chi connectivity index (χ0n) is 19.9. The first-order valence-corrected chi connectivity index (χ1v) is 11.9. The van der Waals surface area contributed by atoms with Crippen LogP contribution in [0.25, 0.3) is 39.4 Å². The molecule has 0 fully saturated rings. The molecule has 5 nitrogen and oxygen atoms in total. The van der Waals surface area contributed by atoms with Gasteiger partial charge in [-0.05, 0) is 41.0 Å². The Hall–Kier alpha value is -4.25. The summed E-state index contributed by atoms with van der Waals surface area (Å²) in [4.78, 5) is 31.6. The van der Waals surface area contributed by atoms with Gasteiger partial charge in [-0.1, -0.05) is 68.4 Å². The molecule has 2 heterocycles. The largest absolute Gasteiger partial charge is 0.326 e. The summed E-state index contributed by atoms with van der Waals surface area (Å²) in [6.45, 7) is 5.03. The second-order valence-electron chi connectivity index (χ2n) is 9.60. The summed E-state index contributed by atoms with van der Waals surface area (Å²) in [5, 5.41) is 1.92. The lowest BCUT2D eigenvalue weighted by Gasteiger charge is -2.10. The van der Waals surface area contributed by atoms with Crippen molar-refractivity contribution in [2.45, 2.75) is 20.4 Å². The highest BCUT2D eigenvalue weighted by molar-refractivity contribution is 6.42. The number of carbonyl (C=O) groups is 2. The molecule has 0 amide bonds. The number of carbonyl (C=O) groups excluding carboxylic acids is 2. The van der Waals surface area contributed by atoms with Gasteiger partial charge in [0.25, 0.3) is 0 Å². The number of aromatic nitrogens is 3. The molecule has 0 saturated carbocycles. The number of allylic oxidation sites excluding steroid dienone is 1. The molecule has 2 aromatic heterocycles. The lowest BCUT2D eigenvalue weighted by atomic mass is 10.0. The molecule has 0 N–H and O–H groups in total. The minimum absolute atomic E-state index is 0.213. The van der Waals surface area contributed by atoms with Gasteiger partial charge in [-0.3, -0.25) is 9.59 Å². The second-order valence-corrected chi connectivity index (χ2v) is 9.60. The van der Waals surface area contributed by atoms with Gasteiger partial charge in [-0.15, -0.1) is 0 Å². The van der Waals surface area contributed by atoms with E-state index in [1.165, 1.54) is 0 Å². The van der Waals surface area contributed by atoms with Crippen molar-refractivity contribution in [1.29, 1.82) is 0 Å². The number of fused-ring (bicyclic) bond motifs is 3. The van der Waals surface area contributed by atoms with Crippen LogP contribution in [0.3, 0.4) is 0 Å². The van der Waals surface area contributed by atoms with Gasteiger partial charge in [0.1, 0.15) is 5.82 Å². The lowest BCUT2D eigenvalue weighted by molar-refractivity contribution is 0.0990. The number of aryl methyl sites for hydroxylation is 1. The highest BCUT2D eigenvalue weighted by Crippen LogP contribution is 2.33. The van der Waals surface area contributed by atoms with Gasteiger partial charge in [0.15, 0.2) is 17.2 Å². The molecule has 0 radical (unpaired) electrons. The van der Waals surface area contributed by atoms with E-state index in [0.717, 1.165) is 45.6 Å². The molecule has 0 unspecified atom stereocenters. The molecule has 0 bridgehead atoms. The summed E-state index contributed by atoms with van der Waals surface area (Å²) in [5.41, 5.74) is 4.87. The second kappa shape index (κ2) is 7.91. The maximum absolute atomic E-state index is 13.3. The standard InChI is InChI=1S/C30H25N3O2/c1-18(2)17-33-22(16-26-30(33)31-29(32(26)3)19-9-5-4-6-10-19)15-25-27(34)23-13-20-11-7-8-12-21(20)14-24(23)28(25)35/h4-16,18H,17H2,1-3H3. The first kappa shape index (κ1) is 21.3. The summed E-state index contributed by atoms with van der Waals surface area (Å²) < 4.78 is 4.20. The third-order valence-electron chi connectivity index (χ3n) is 6.71. The number of hydrogen-bond acceptors (Lipinski definition) is 3. The van der Waals surface area contributed by atoms with Gasteiger partial charge in [0.05, 0.1) is 11.1 Å². The molecule has 172 valence electrons. The summed E-state index contributed by atoms with van der Waals surface area (Å²) in [6, 6.07) is 23.6. The third kappa shape index (κ3) is 3.35. The van der Waals surface area contributed by atoms with Crippen molar-refractivity contribution in [3.63, 3.8) is 0 Å². The fraction of sp³-hybridized carbons (Fsp3) is 0.167. The molecule has 5 heteroatoms. The van der Waals surface area contributed by atoms with Crippen molar-refractivity contribution in [3.05, 3.63) is 95.2 Å². The van der Waals surface area contributed by atoms with Crippen LogP contribution in [0.4, 0.5) is 0 Å². The molecule has 3 aromatic carbocycles. The Morgan fingerprint density at radius 2 is 1.46 bits per heavy atom. The Morgan fingerprint density at radius 1 is 0.857 bits per heavy atom. The van der Waals surface area contributed by atoms with Gasteiger partial charge in [0.2, 0.25) is 0 Å². The van der Waals surface area contributed by atoms with Crippen LogP contribution in [-0.4, -0.2) is 25.7 Å². The number of rotatable bonds is 4. The van der Waals surface area contributed by atoms with E-state index < -0.39 is 0 Å². The first-order valence-electron chi connectivity index (χ1n) is 11.9. The highest BCUT2D eigenvalue weighted by atomic mass is 16.2. The Labute approximate surface area is 203 Å². The Bertz CT molecular complexity index is 1630. The predicted molar refractivity (Wildman–Crippen MR) is 140 cm³/mol. The molecule has 0 saturated heterocycles. The molecule has 6 rings (SSSR count). The summed E-state index contributed by atoms with van der Waals surface area (Å²) in [5.74, 6) is 0.826. The summed E-state index contributed by atoms with van der Waals surface area (Å²) in [7, 11) is 2.00. The zero-order chi connectivity index (χ0) is 24.3. The Kier molecular flexibility index (Phi) is 4.81. The number of Topliss-reactive ketones (excluding diaryl/α,β-unsaturated/α-hetero) is 2. The topological polar surface area (TPSA) is 56.9 Å². The van der Waals surface area contributed by atoms with Gasteiger partial charge in [0, 0.05) is 36.0 Å². The molecule has 1 aliphatic carbocycles. The van der Waals surface area contributed by atoms with Gasteiger partial charge >= 0.3 is 0 Å². The van der Waals surface area contributed by atoms with E-state index in [0.29, 0.717) is 17.0 Å². The van der Waals surface area contributed by atoms with Gasteiger partial charge in [-0.2, -0.15) is 0 Å². The highest BCUT2D eigenvalue weighted by Gasteiger charge is 2.34. The quantitative estimate of drug-likeness (QED) is 0.234. The van der Waals surface area contributed by atoms with E-state index in [2.05, 4.69) is 23.0 Å². The SMILES string of the molecule is CC(C)Cn1c(C=C2C(=O)c3cc4ccccc4cc3C2=O)cc2c1nc(-c1ccccc1)n2C. The van der Waals surface area contributed by atoms with E-state index >= 15 is 0 Å². The number of imidazole rings is 1. The van der Waals surface area contributed by atoms with Gasteiger partial charge < -0.3 is 9.13 Å². The first-order chi connectivity index (χ1) is 16.9. The molecule has 1 aliphatic rings. The number of ketones is 2. The molecule has 0 atom stereocenters. The fourth-order valence-corrected chi connectivity index (χ4v) is 5.01. The minimum atomic E-state index is -0.213. The van der Waals surface area contributed by atoms with Crippen LogP contribution < -0.4 is 0 Å². The zero-order valence-corrected chi connectivity index (χ0v) is 19.9. The predicted octanol–water partition coefficient (Wildman–Crippen LogP) is 6.31. The van der Waals surface area contributed by atoms with Gasteiger partial charge in [-0.25, -0.2) is 4.98 Å². The number of hydrogen-bond donors (Lipinski definition) is 0. The monoisotopic (exact) mass is 459 g/mol. The molecule has 5 aromatic rings. The van der Waals surface area contributed by atoms with E-state index in [4.69, 9.17) is 4.98 Å². The Morgan fingerprint density at radius 3 is 2.06 bits per heavy atom. The number of benzene rings is 3. The lowest BCUT2D eigenvalue weighted by Crippen LogP contribution is -2.08. The van der Waals surface area contributed by atoms with Crippen LogP contribution in [0.5, 0.6) is 0 Å². The maximum Gasteiger partial charge on any atom is 0.197 e. The van der Waals surface area contributed by atoms with Crippen molar-refractivity contribution >= 4 is 39.6 Å². The van der Waals surface area contributed by atoms with Crippen LogP contribution in [0.2, 0.25) is 0 Å². The third-order valence-corrected chi connectivity index (χ3v) is 6.71. The molecule has 0 spiro atoms. The summed E-state index contributed by atoms with van der Waals surface area (Å²) in [6.07, 6.45) is 1.75. The molecule has 35 heavy (non-hydrogen) atoms. The van der Waals surface area contributed by atoms with Crippen molar-refractivity contribution in [3.8, 4) is 11.4 Å². The van der Waals surface area contributed by atoms with E-state index in [1.54, 1.807) is 6.08 Å². The van der Waals surface area contributed by atoms with Crippen LogP contribution in [0.15, 0.2) is 78.4 Å². The fourth-order valence-electron chi connectivity index (χ4n) is 5.01. The van der Waals surface area contributed by atoms with E-state index in [1.807, 2.05) is 79.8 Å². The molecular formula is C30H25N3O2. The van der Waals surface area contributed by atoms with E-state index in [-0.39, 0.29) is 17.1 Å². The van der Waals surface area contributed by atoms with Crippen molar-refractivity contribution < 1.29 is 9.59 Å². The summed E-state index contributed by atoms with van der Waals surface area (Å²) >= 11 is 0. The maximum atomic E-state index is 13.3. The molecule has 0 aliphatic heterocycles. The van der Waals surface area contributed by atoms with Crippen LogP contribution in [0, 0.1) is 5.92 Å². The smallest absolute Gasteiger partial charge is 0.197 e. The van der Waals surface area contributed by atoms with E-state index in [9.17, 15) is 9.59 Å². The number of nitrogens with zero attached hydrogens (tertiary/aromatic N) is 3. The van der Waals surface area contributed by atoms with Crippen molar-refractivity contribution in [1.82, 2.24) is 14.1 Å². The normalized spacial score (nSPS) is 13.4. The van der Waals surface area contributed by atoms with Crippen LogP contribution in [0.1, 0.15) is 40.3 Å². The average Bonchev–Trinajstić information content (AvgIpc) is 3.44. The molecular weight excluding hydrogens is 434 g/mol. The van der Waals surface area contributed by atoms with Crippen LogP contribution in [-0.2, 0) is 13.6 Å². The van der Waals surface area contributed by atoms with Crippen LogP contribution >= 0.6 is 0 Å². The van der Waals surface area contributed by atoms with Crippen molar-refractivity contribution in [2.24, 2.45) is 13.0 Å². The van der Waals surface area contributed by atoms with Crippen molar-refractivity contribution in [2.75, 3.05) is 0 Å². The minimum Gasteiger partial charge on any atom is -0.326 e.